The van der Waals surface area contributed by atoms with Gasteiger partial charge in [-0.05, 0) is 5.16 Å². The van der Waals surface area contributed by atoms with Crippen molar-refractivity contribution in [3.8, 4) is 0 Å². The lowest BCUT2D eigenvalue weighted by Crippen LogP contribution is -2.35. The van der Waals surface area contributed by atoms with E-state index in [1.54, 1.807) is 38.0 Å². The number of hydrogen-bond donors (Lipinski definition) is 0. The lowest BCUT2D eigenvalue weighted by atomic mass is 10.7. The van der Waals surface area contributed by atoms with Gasteiger partial charge in [-0.3, -0.25) is 0 Å². The highest BCUT2D eigenvalue weighted by atomic mass is 16.7. The van der Waals surface area contributed by atoms with E-state index in [0.717, 1.165) is 6.08 Å². The average Bonchev–Trinajstić information content (AvgIpc) is 2.03. The van der Waals surface area contributed by atoms with Crippen LogP contribution < -0.4 is 0 Å². The summed E-state index contributed by atoms with van der Waals surface area (Å²) in [6.07, 6.45) is 1.06. The van der Waals surface area contributed by atoms with Gasteiger partial charge in [-0.25, -0.2) is 4.79 Å². The molecule has 0 bridgehead atoms. The van der Waals surface area contributed by atoms with Gasteiger partial charge in [0.1, 0.15) is 0 Å². The van der Waals surface area contributed by atoms with E-state index in [0.29, 0.717) is 5.96 Å². The molecule has 0 aromatic heterocycles. The van der Waals surface area contributed by atoms with E-state index in [4.69, 9.17) is 0 Å². The first-order chi connectivity index (χ1) is 5.99. The second-order valence-electron chi connectivity index (χ2n) is 2.79. The number of guanidine groups is 1. The summed E-state index contributed by atoms with van der Waals surface area (Å²) in [5.74, 6) is -0.0172. The van der Waals surface area contributed by atoms with Gasteiger partial charge in [0, 0.05) is 34.3 Å². The molecule has 0 amide bonds. The van der Waals surface area contributed by atoms with Crippen LogP contribution in [0, 0.1) is 0 Å². The first-order valence-corrected chi connectivity index (χ1v) is 3.75. The van der Waals surface area contributed by atoms with E-state index >= 15 is 0 Å². The molecule has 0 fully saturated rings. The van der Waals surface area contributed by atoms with E-state index in [-0.39, 0.29) is 0 Å². The van der Waals surface area contributed by atoms with Gasteiger partial charge in [-0.15, -0.1) is 0 Å². The molecular weight excluding hydrogens is 170 g/mol. The minimum absolute atomic E-state index is 0.551. The van der Waals surface area contributed by atoms with Crippen molar-refractivity contribution in [2.45, 2.75) is 0 Å². The molecule has 0 heterocycles. The standard InChI is InChI=1S/C8H15N3O2/c1-6-7(12)13-9-8(10(2)3)11(4)5/h6H,1H2,2-5H3. The Morgan fingerprint density at radius 1 is 1.31 bits per heavy atom. The molecule has 0 aliphatic carbocycles. The molecule has 0 saturated carbocycles. The van der Waals surface area contributed by atoms with Gasteiger partial charge in [-0.2, -0.15) is 0 Å². The van der Waals surface area contributed by atoms with Crippen LogP contribution in [0.3, 0.4) is 0 Å². The van der Waals surface area contributed by atoms with Gasteiger partial charge >= 0.3 is 5.97 Å². The SMILES string of the molecule is C=CC(=O)ON=C(N(C)C)N(C)C. The Morgan fingerprint density at radius 2 is 1.77 bits per heavy atom. The third kappa shape index (κ3) is 4.15. The summed E-state index contributed by atoms with van der Waals surface area (Å²) in [4.78, 5) is 18.7. The fourth-order valence-electron chi connectivity index (χ4n) is 0.686. The van der Waals surface area contributed by atoms with Crippen LogP contribution >= 0.6 is 0 Å². The molecule has 5 nitrogen and oxygen atoms in total. The third-order valence-corrected chi connectivity index (χ3v) is 1.18. The van der Waals surface area contributed by atoms with Crippen LogP contribution in [0.1, 0.15) is 0 Å². The second kappa shape index (κ2) is 5.18. The van der Waals surface area contributed by atoms with Gasteiger partial charge in [0.25, 0.3) is 0 Å². The lowest BCUT2D eigenvalue weighted by Gasteiger charge is -2.20. The Kier molecular flexibility index (Phi) is 4.58. The number of carbonyl (C=O) groups is 1. The maximum atomic E-state index is 10.7. The highest BCUT2D eigenvalue weighted by Gasteiger charge is 2.05. The zero-order valence-electron chi connectivity index (χ0n) is 8.44. The van der Waals surface area contributed by atoms with Crippen LogP contribution in [0.5, 0.6) is 0 Å². The summed E-state index contributed by atoms with van der Waals surface area (Å²) in [6.45, 7) is 3.26. The Morgan fingerprint density at radius 3 is 2.08 bits per heavy atom. The maximum absolute atomic E-state index is 10.7. The first-order valence-electron chi connectivity index (χ1n) is 3.75. The van der Waals surface area contributed by atoms with E-state index in [9.17, 15) is 4.79 Å². The Labute approximate surface area is 78.2 Å². The fourth-order valence-corrected chi connectivity index (χ4v) is 0.686. The van der Waals surface area contributed by atoms with Gasteiger partial charge in [0.05, 0.1) is 0 Å². The first kappa shape index (κ1) is 11.5. The van der Waals surface area contributed by atoms with Crippen LogP contribution in [0.15, 0.2) is 17.8 Å². The van der Waals surface area contributed by atoms with Crippen LogP contribution in [0.2, 0.25) is 0 Å². The summed E-state index contributed by atoms with van der Waals surface area (Å²) >= 11 is 0. The van der Waals surface area contributed by atoms with Gasteiger partial charge in [-0.1, -0.05) is 6.58 Å². The lowest BCUT2D eigenvalue weighted by molar-refractivity contribution is -0.137. The summed E-state index contributed by atoms with van der Waals surface area (Å²) in [5, 5.41) is 3.64. The Hall–Kier alpha value is -1.52. The van der Waals surface area contributed by atoms with Crippen molar-refractivity contribution in [2.75, 3.05) is 28.2 Å². The highest BCUT2D eigenvalue weighted by Crippen LogP contribution is 1.90. The molecule has 0 aliphatic rings. The van der Waals surface area contributed by atoms with Crippen molar-refractivity contribution < 1.29 is 9.63 Å². The number of carbonyl (C=O) groups excluding carboxylic acids is 1. The smallest absolute Gasteiger partial charge is 0.346 e. The van der Waals surface area contributed by atoms with Crippen LogP contribution in [-0.4, -0.2) is 49.9 Å². The predicted octanol–water partition coefficient (Wildman–Crippen LogP) is 0.110. The average molecular weight is 185 g/mol. The number of hydrogen-bond acceptors (Lipinski definition) is 3. The van der Waals surface area contributed by atoms with E-state index < -0.39 is 5.97 Å². The molecule has 13 heavy (non-hydrogen) atoms. The predicted molar refractivity (Wildman–Crippen MR) is 51.1 cm³/mol. The minimum Gasteiger partial charge on any atom is -0.346 e. The second-order valence-corrected chi connectivity index (χ2v) is 2.79. The van der Waals surface area contributed by atoms with Crippen molar-refractivity contribution in [3.63, 3.8) is 0 Å². The maximum Gasteiger partial charge on any atom is 0.358 e. The van der Waals surface area contributed by atoms with E-state index in [1.165, 1.54) is 0 Å². The summed E-state index contributed by atoms with van der Waals surface area (Å²) in [5.41, 5.74) is 0. The topological polar surface area (TPSA) is 45.1 Å². The summed E-state index contributed by atoms with van der Waals surface area (Å²) in [7, 11) is 7.22. The summed E-state index contributed by atoms with van der Waals surface area (Å²) < 4.78 is 0. The molecule has 0 aliphatic heterocycles. The van der Waals surface area contributed by atoms with Crippen molar-refractivity contribution in [2.24, 2.45) is 5.16 Å². The van der Waals surface area contributed by atoms with E-state index in [2.05, 4.69) is 16.6 Å². The highest BCUT2D eigenvalue weighted by molar-refractivity contribution is 5.83. The molecular formula is C8H15N3O2. The zero-order chi connectivity index (χ0) is 10.4. The molecule has 0 spiro atoms. The normalized spacial score (nSPS) is 8.62. The molecule has 74 valence electrons. The van der Waals surface area contributed by atoms with Crippen LogP contribution in [0.25, 0.3) is 0 Å². The van der Waals surface area contributed by atoms with Crippen LogP contribution in [0.4, 0.5) is 0 Å². The number of oxime groups is 1. The fraction of sp³-hybridized carbons (Fsp3) is 0.500. The molecule has 0 radical (unpaired) electrons. The number of nitrogens with zero attached hydrogens (tertiary/aromatic N) is 3. The quantitative estimate of drug-likeness (QED) is 0.201. The molecule has 5 heteroatoms. The van der Waals surface area contributed by atoms with Gasteiger partial charge in [0.2, 0.25) is 5.96 Å². The molecule has 0 N–H and O–H groups in total. The van der Waals surface area contributed by atoms with Crippen molar-refractivity contribution in [1.29, 1.82) is 0 Å². The molecule has 0 rings (SSSR count). The number of rotatable bonds is 2. The van der Waals surface area contributed by atoms with Gasteiger partial charge in [0.15, 0.2) is 0 Å². The largest absolute Gasteiger partial charge is 0.358 e. The van der Waals surface area contributed by atoms with Gasteiger partial charge < -0.3 is 14.6 Å². The Balaban J connectivity index is 4.37. The van der Waals surface area contributed by atoms with Crippen molar-refractivity contribution in [3.05, 3.63) is 12.7 Å². The molecule has 0 unspecified atom stereocenters. The zero-order valence-corrected chi connectivity index (χ0v) is 8.44. The monoisotopic (exact) mass is 185 g/mol. The van der Waals surface area contributed by atoms with E-state index in [1.807, 2.05) is 0 Å². The molecule has 0 aromatic rings. The van der Waals surface area contributed by atoms with Crippen LogP contribution in [-0.2, 0) is 9.63 Å². The summed E-state index contributed by atoms with van der Waals surface area (Å²) in [6, 6.07) is 0. The molecule has 0 aromatic carbocycles. The third-order valence-electron chi connectivity index (χ3n) is 1.18. The molecule has 0 saturated heterocycles. The van der Waals surface area contributed by atoms with Crippen molar-refractivity contribution in [1.82, 2.24) is 9.80 Å². The molecule has 0 atom stereocenters. The minimum atomic E-state index is -0.568. The van der Waals surface area contributed by atoms with Crippen molar-refractivity contribution >= 4 is 11.9 Å². The Bertz CT molecular complexity index is 211.